The first-order valence-corrected chi connectivity index (χ1v) is 6.93. The maximum Gasteiger partial charge on any atom is 0.299 e. The first kappa shape index (κ1) is 13.6. The van der Waals surface area contributed by atoms with Crippen LogP contribution in [0.25, 0.3) is 0 Å². The fourth-order valence-corrected chi connectivity index (χ4v) is 2.36. The molecule has 110 valence electrons. The zero-order valence-corrected chi connectivity index (χ0v) is 11.7. The Morgan fingerprint density at radius 3 is 2.81 bits per heavy atom. The number of hydrogen-bond donors (Lipinski definition) is 1. The van der Waals surface area contributed by atoms with Crippen LogP contribution in [0.5, 0.6) is 5.75 Å². The monoisotopic (exact) mass is 288 g/mol. The summed E-state index contributed by atoms with van der Waals surface area (Å²) in [5, 5.41) is 2.86. The first-order valence-electron chi connectivity index (χ1n) is 6.93. The van der Waals surface area contributed by atoms with Gasteiger partial charge in [0.1, 0.15) is 5.75 Å². The van der Waals surface area contributed by atoms with E-state index in [1.165, 1.54) is 12.0 Å². The Kier molecular flexibility index (Phi) is 3.37. The van der Waals surface area contributed by atoms with E-state index in [2.05, 4.69) is 5.32 Å². The number of ketones is 1. The van der Waals surface area contributed by atoms with Crippen molar-refractivity contribution in [1.82, 2.24) is 5.32 Å². The Labute approximate surface area is 122 Å². The fraction of sp³-hybridized carbons (Fsp3) is 0.400. The van der Waals surface area contributed by atoms with Gasteiger partial charge in [-0.1, -0.05) is 0 Å². The molecule has 0 unspecified atom stereocenters. The van der Waals surface area contributed by atoms with Crippen LogP contribution in [0.2, 0.25) is 0 Å². The van der Waals surface area contributed by atoms with Crippen LogP contribution in [-0.4, -0.2) is 37.3 Å². The molecule has 1 aromatic rings. The van der Waals surface area contributed by atoms with Crippen molar-refractivity contribution in [3.63, 3.8) is 0 Å². The number of carbonyl (C=O) groups excluding carboxylic acids is 3. The van der Waals surface area contributed by atoms with Gasteiger partial charge in [0, 0.05) is 25.1 Å². The molecule has 1 saturated carbocycles. The van der Waals surface area contributed by atoms with Gasteiger partial charge in [-0.2, -0.15) is 0 Å². The van der Waals surface area contributed by atoms with Crippen LogP contribution >= 0.6 is 0 Å². The van der Waals surface area contributed by atoms with Crippen molar-refractivity contribution >= 4 is 23.3 Å². The number of methoxy groups -OCH3 is 1. The molecule has 1 aliphatic carbocycles. The van der Waals surface area contributed by atoms with Crippen molar-refractivity contribution in [2.45, 2.75) is 25.3 Å². The molecule has 3 rings (SSSR count). The minimum atomic E-state index is -0.586. The molecule has 1 heterocycles. The molecular weight excluding hydrogens is 272 g/mol. The van der Waals surface area contributed by atoms with Crippen LogP contribution in [0.4, 0.5) is 5.69 Å². The summed E-state index contributed by atoms with van der Waals surface area (Å²) in [6, 6.07) is 5.17. The molecule has 6 nitrogen and oxygen atoms in total. The summed E-state index contributed by atoms with van der Waals surface area (Å²) >= 11 is 0. The summed E-state index contributed by atoms with van der Waals surface area (Å²) < 4.78 is 5.12. The van der Waals surface area contributed by atoms with Gasteiger partial charge >= 0.3 is 0 Å². The standard InChI is InChI=1S/C15H16N2O4/c1-21-10-4-5-11-12(8-10)17(15(20)14(11)19)7-6-13(18)16-9-2-3-9/h4-5,8-9H,2-3,6-7H2,1H3,(H,16,18). The van der Waals surface area contributed by atoms with Crippen molar-refractivity contribution in [2.24, 2.45) is 0 Å². The third kappa shape index (κ3) is 2.61. The lowest BCUT2D eigenvalue weighted by Gasteiger charge is -2.16. The van der Waals surface area contributed by atoms with E-state index >= 15 is 0 Å². The molecule has 1 N–H and O–H groups in total. The van der Waals surface area contributed by atoms with Gasteiger partial charge in [-0.25, -0.2) is 0 Å². The number of nitrogens with zero attached hydrogens (tertiary/aromatic N) is 1. The average Bonchev–Trinajstić information content (AvgIpc) is 3.26. The Balaban J connectivity index is 1.74. The molecule has 1 aliphatic heterocycles. The summed E-state index contributed by atoms with van der Waals surface area (Å²) in [4.78, 5) is 37.0. The Bertz CT molecular complexity index is 622. The van der Waals surface area contributed by atoms with Crippen LogP contribution < -0.4 is 15.0 Å². The van der Waals surface area contributed by atoms with Crippen LogP contribution in [0.1, 0.15) is 29.6 Å². The molecule has 0 atom stereocenters. The van der Waals surface area contributed by atoms with E-state index < -0.39 is 11.7 Å². The lowest BCUT2D eigenvalue weighted by molar-refractivity contribution is -0.121. The number of benzene rings is 1. The van der Waals surface area contributed by atoms with E-state index in [0.717, 1.165) is 12.8 Å². The van der Waals surface area contributed by atoms with Gasteiger partial charge in [0.2, 0.25) is 5.91 Å². The topological polar surface area (TPSA) is 75.7 Å². The molecule has 21 heavy (non-hydrogen) atoms. The number of ether oxygens (including phenoxy) is 1. The van der Waals surface area contributed by atoms with Crippen LogP contribution in [0.3, 0.4) is 0 Å². The molecule has 0 saturated heterocycles. The van der Waals surface area contributed by atoms with Crippen molar-refractivity contribution < 1.29 is 19.1 Å². The zero-order chi connectivity index (χ0) is 15.0. The number of rotatable bonds is 5. The third-order valence-corrected chi connectivity index (χ3v) is 3.68. The minimum absolute atomic E-state index is 0.0888. The quantitative estimate of drug-likeness (QED) is 0.817. The van der Waals surface area contributed by atoms with Gasteiger partial charge in [0.15, 0.2) is 0 Å². The maximum absolute atomic E-state index is 12.0. The SMILES string of the molecule is COc1ccc2c(c1)N(CCC(=O)NC1CC1)C(=O)C2=O. The first-order chi connectivity index (χ1) is 10.1. The molecule has 0 bridgehead atoms. The van der Waals surface area contributed by atoms with Gasteiger partial charge < -0.3 is 15.0 Å². The molecule has 6 heteroatoms. The zero-order valence-electron chi connectivity index (χ0n) is 11.7. The summed E-state index contributed by atoms with van der Waals surface area (Å²) in [7, 11) is 1.52. The van der Waals surface area contributed by atoms with Gasteiger partial charge in [0.25, 0.3) is 11.7 Å². The minimum Gasteiger partial charge on any atom is -0.497 e. The van der Waals surface area contributed by atoms with E-state index in [1.807, 2.05) is 0 Å². The summed E-state index contributed by atoms with van der Waals surface area (Å²) in [6.07, 6.45) is 2.23. The van der Waals surface area contributed by atoms with E-state index in [9.17, 15) is 14.4 Å². The smallest absolute Gasteiger partial charge is 0.299 e. The highest BCUT2D eigenvalue weighted by Crippen LogP contribution is 2.32. The molecule has 2 aliphatic rings. The van der Waals surface area contributed by atoms with Gasteiger partial charge in [0.05, 0.1) is 18.4 Å². The lowest BCUT2D eigenvalue weighted by atomic mass is 10.1. The largest absolute Gasteiger partial charge is 0.497 e. The summed E-state index contributed by atoms with van der Waals surface area (Å²) in [5.41, 5.74) is 0.881. The van der Waals surface area contributed by atoms with Crippen LogP contribution in [0.15, 0.2) is 18.2 Å². The van der Waals surface area contributed by atoms with Crippen molar-refractivity contribution in [3.05, 3.63) is 23.8 Å². The fourth-order valence-electron chi connectivity index (χ4n) is 2.36. The van der Waals surface area contributed by atoms with Gasteiger partial charge in [-0.15, -0.1) is 0 Å². The number of nitrogens with one attached hydrogen (secondary N) is 1. The summed E-state index contributed by atoms with van der Waals surface area (Å²) in [5.74, 6) is -0.634. The predicted octanol–water partition coefficient (Wildman–Crippen LogP) is 0.893. The predicted molar refractivity (Wildman–Crippen MR) is 75.5 cm³/mol. The second-order valence-electron chi connectivity index (χ2n) is 5.26. The third-order valence-electron chi connectivity index (χ3n) is 3.68. The number of Topliss-reactive ketones (excluding diaryl/α,β-unsaturated/α-hetero) is 1. The highest BCUT2D eigenvalue weighted by Gasteiger charge is 2.36. The van der Waals surface area contributed by atoms with Crippen molar-refractivity contribution in [3.8, 4) is 5.75 Å². The number of amides is 2. The van der Waals surface area contributed by atoms with E-state index in [0.29, 0.717) is 23.0 Å². The van der Waals surface area contributed by atoms with Crippen LogP contribution in [0, 0.1) is 0 Å². The molecule has 0 aromatic heterocycles. The average molecular weight is 288 g/mol. The molecular formula is C15H16N2O4. The molecule has 0 radical (unpaired) electrons. The molecule has 2 amide bonds. The second-order valence-corrected chi connectivity index (χ2v) is 5.26. The van der Waals surface area contributed by atoms with Gasteiger partial charge in [-0.3, -0.25) is 14.4 Å². The Morgan fingerprint density at radius 2 is 2.14 bits per heavy atom. The second kappa shape index (κ2) is 5.20. The van der Waals surface area contributed by atoms with Gasteiger partial charge in [-0.05, 0) is 25.0 Å². The Morgan fingerprint density at radius 1 is 1.38 bits per heavy atom. The number of anilines is 1. The molecule has 1 aromatic carbocycles. The number of hydrogen-bond acceptors (Lipinski definition) is 4. The van der Waals surface area contributed by atoms with E-state index in [1.54, 1.807) is 18.2 Å². The number of fused-ring (bicyclic) bond motifs is 1. The highest BCUT2D eigenvalue weighted by molar-refractivity contribution is 6.52. The highest BCUT2D eigenvalue weighted by atomic mass is 16.5. The maximum atomic E-state index is 12.0. The molecule has 1 fully saturated rings. The van der Waals surface area contributed by atoms with Crippen LogP contribution in [-0.2, 0) is 9.59 Å². The molecule has 0 spiro atoms. The van der Waals surface area contributed by atoms with E-state index in [4.69, 9.17) is 4.74 Å². The normalized spacial score (nSPS) is 16.9. The Hall–Kier alpha value is -2.37. The number of carbonyl (C=O) groups is 3. The lowest BCUT2D eigenvalue weighted by Crippen LogP contribution is -2.35. The van der Waals surface area contributed by atoms with E-state index in [-0.39, 0.29) is 18.9 Å². The van der Waals surface area contributed by atoms with Crippen molar-refractivity contribution in [2.75, 3.05) is 18.6 Å². The van der Waals surface area contributed by atoms with Crippen molar-refractivity contribution in [1.29, 1.82) is 0 Å². The summed E-state index contributed by atoms with van der Waals surface area (Å²) in [6.45, 7) is 0.198.